The van der Waals surface area contributed by atoms with Gasteiger partial charge >= 0.3 is 0 Å². The molecule has 1 aromatic carbocycles. The fourth-order valence-electron chi connectivity index (χ4n) is 2.48. The van der Waals surface area contributed by atoms with Gasteiger partial charge in [0.25, 0.3) is 0 Å². The van der Waals surface area contributed by atoms with Crippen LogP contribution in [0.25, 0.3) is 0 Å². The minimum Gasteiger partial charge on any atom is -0.497 e. The normalized spacial score (nSPS) is 12.1. The number of hydrogen-bond acceptors (Lipinski definition) is 6. The molecule has 28 heavy (non-hydrogen) atoms. The summed E-state index contributed by atoms with van der Waals surface area (Å²) >= 11 is 1.67. The first-order valence-electron chi connectivity index (χ1n) is 8.96. The number of hydrogen-bond donors (Lipinski definition) is 3. The summed E-state index contributed by atoms with van der Waals surface area (Å²) in [5.41, 5.74) is 0.660. The molecule has 0 bridgehead atoms. The van der Waals surface area contributed by atoms with E-state index in [0.717, 1.165) is 18.0 Å². The average Bonchev–Trinajstić information content (AvgIpc) is 3.17. The highest BCUT2D eigenvalue weighted by molar-refractivity contribution is 14.0. The Morgan fingerprint density at radius 1 is 1.25 bits per heavy atom. The van der Waals surface area contributed by atoms with Crippen molar-refractivity contribution in [2.75, 3.05) is 27.3 Å². The second-order valence-corrected chi connectivity index (χ2v) is 6.97. The lowest BCUT2D eigenvalue weighted by Crippen LogP contribution is -2.39. The van der Waals surface area contributed by atoms with Gasteiger partial charge in [-0.05, 0) is 31.5 Å². The van der Waals surface area contributed by atoms with Gasteiger partial charge in [-0.3, -0.25) is 0 Å². The van der Waals surface area contributed by atoms with Crippen molar-refractivity contribution < 1.29 is 14.6 Å². The van der Waals surface area contributed by atoms with E-state index in [-0.39, 0.29) is 30.5 Å². The number of aromatic nitrogens is 1. The topological polar surface area (TPSA) is 88.0 Å². The van der Waals surface area contributed by atoms with Crippen LogP contribution in [0.5, 0.6) is 11.5 Å². The van der Waals surface area contributed by atoms with Crippen molar-refractivity contribution >= 4 is 41.3 Å². The fourth-order valence-corrected chi connectivity index (χ4v) is 3.26. The molecule has 156 valence electrons. The number of ether oxygens (including phenoxy) is 2. The summed E-state index contributed by atoms with van der Waals surface area (Å²) < 4.78 is 10.6. The van der Waals surface area contributed by atoms with E-state index in [1.54, 1.807) is 43.8 Å². The molecule has 2 aromatic rings. The van der Waals surface area contributed by atoms with Crippen LogP contribution >= 0.6 is 35.3 Å². The smallest absolute Gasteiger partial charge is 0.191 e. The van der Waals surface area contributed by atoms with Crippen molar-refractivity contribution in [3.63, 3.8) is 0 Å². The van der Waals surface area contributed by atoms with Gasteiger partial charge in [-0.25, -0.2) is 9.98 Å². The molecule has 0 saturated heterocycles. The molecule has 3 N–H and O–H groups in total. The van der Waals surface area contributed by atoms with E-state index in [0.29, 0.717) is 29.6 Å². The highest BCUT2D eigenvalue weighted by Gasteiger charge is 2.15. The maximum Gasteiger partial charge on any atom is 0.191 e. The van der Waals surface area contributed by atoms with Gasteiger partial charge in [0, 0.05) is 29.7 Å². The number of methoxy groups -OCH3 is 2. The van der Waals surface area contributed by atoms with Crippen molar-refractivity contribution in [2.45, 2.75) is 32.9 Å². The van der Waals surface area contributed by atoms with Crippen LogP contribution in [0.15, 0.2) is 29.4 Å². The molecule has 0 aliphatic carbocycles. The van der Waals surface area contributed by atoms with E-state index >= 15 is 0 Å². The molecule has 0 aliphatic heterocycles. The standard InChI is InChI=1S/C19H28N4O3S.HI/c1-5-14-10-21-18(27-14)12-23-19(20-6-2)22-11-16(24)15-9-13(25-3)7-8-17(15)26-4;/h7-10,16,24H,5-6,11-12H2,1-4H3,(H2,20,22,23);1H. The number of nitrogens with zero attached hydrogens (tertiary/aromatic N) is 2. The highest BCUT2D eigenvalue weighted by atomic mass is 127. The van der Waals surface area contributed by atoms with E-state index in [2.05, 4.69) is 27.5 Å². The summed E-state index contributed by atoms with van der Waals surface area (Å²) in [5.74, 6) is 1.91. The lowest BCUT2D eigenvalue weighted by Gasteiger charge is -2.18. The Morgan fingerprint density at radius 2 is 2.04 bits per heavy atom. The quantitative estimate of drug-likeness (QED) is 0.268. The molecular formula is C19H29IN4O3S. The first-order chi connectivity index (χ1) is 13.1. The number of aliphatic imine (C=N–C) groups is 1. The van der Waals surface area contributed by atoms with E-state index in [1.165, 1.54) is 4.88 Å². The third-order valence-electron chi connectivity index (χ3n) is 3.93. The Bertz CT molecular complexity index is 755. The van der Waals surface area contributed by atoms with Crippen molar-refractivity contribution in [2.24, 2.45) is 4.99 Å². The molecule has 1 unspecified atom stereocenters. The van der Waals surface area contributed by atoms with Crippen LogP contribution in [0.4, 0.5) is 0 Å². The number of benzene rings is 1. The van der Waals surface area contributed by atoms with Gasteiger partial charge in [-0.15, -0.1) is 35.3 Å². The predicted octanol–water partition coefficient (Wildman–Crippen LogP) is 3.13. The summed E-state index contributed by atoms with van der Waals surface area (Å²) in [4.78, 5) is 10.2. The van der Waals surface area contributed by atoms with Crippen molar-refractivity contribution in [1.29, 1.82) is 0 Å². The minimum atomic E-state index is -0.773. The maximum absolute atomic E-state index is 10.6. The Hall–Kier alpha value is -1.59. The Balaban J connectivity index is 0.00000392. The molecule has 9 heteroatoms. The molecule has 0 radical (unpaired) electrons. The molecule has 1 aromatic heterocycles. The number of guanidine groups is 1. The second-order valence-electron chi connectivity index (χ2n) is 5.77. The molecule has 0 aliphatic rings. The van der Waals surface area contributed by atoms with Crippen molar-refractivity contribution in [3.8, 4) is 11.5 Å². The first-order valence-corrected chi connectivity index (χ1v) is 9.78. The van der Waals surface area contributed by atoms with Crippen molar-refractivity contribution in [3.05, 3.63) is 39.8 Å². The van der Waals surface area contributed by atoms with Gasteiger partial charge in [0.05, 0.1) is 26.9 Å². The van der Waals surface area contributed by atoms with Crippen LogP contribution in [-0.4, -0.2) is 43.4 Å². The van der Waals surface area contributed by atoms with Gasteiger partial charge in [-0.2, -0.15) is 0 Å². The largest absolute Gasteiger partial charge is 0.497 e. The summed E-state index contributed by atoms with van der Waals surface area (Å²) in [6, 6.07) is 5.36. The Labute approximate surface area is 187 Å². The second kappa shape index (κ2) is 12.8. The SMILES string of the molecule is CCNC(=NCc1ncc(CC)s1)NCC(O)c1cc(OC)ccc1OC.I. The third kappa shape index (κ3) is 7.10. The summed E-state index contributed by atoms with van der Waals surface area (Å²) in [5, 5.41) is 17.9. The first kappa shape index (κ1) is 24.4. The monoisotopic (exact) mass is 520 g/mol. The molecule has 1 atom stereocenters. The third-order valence-corrected chi connectivity index (χ3v) is 5.05. The lowest BCUT2D eigenvalue weighted by atomic mass is 10.1. The van der Waals surface area contributed by atoms with E-state index in [4.69, 9.17) is 9.47 Å². The van der Waals surface area contributed by atoms with Crippen molar-refractivity contribution in [1.82, 2.24) is 15.6 Å². The molecular weight excluding hydrogens is 491 g/mol. The zero-order valence-corrected chi connectivity index (χ0v) is 19.8. The number of aliphatic hydroxyl groups is 1. The Morgan fingerprint density at radius 3 is 2.64 bits per heavy atom. The van der Waals surface area contributed by atoms with Crippen LogP contribution < -0.4 is 20.1 Å². The number of halogens is 1. The highest BCUT2D eigenvalue weighted by Crippen LogP contribution is 2.29. The summed E-state index contributed by atoms with van der Waals surface area (Å²) in [6.07, 6.45) is 2.11. The van der Waals surface area contributed by atoms with Crippen LogP contribution in [0, 0.1) is 0 Å². The molecule has 2 rings (SSSR count). The van der Waals surface area contributed by atoms with Gasteiger partial charge < -0.3 is 25.2 Å². The Kier molecular flexibility index (Phi) is 11.2. The summed E-state index contributed by atoms with van der Waals surface area (Å²) in [7, 11) is 3.17. The molecule has 0 spiro atoms. The molecule has 0 saturated carbocycles. The number of thiazole rings is 1. The minimum absolute atomic E-state index is 0. The average molecular weight is 520 g/mol. The number of aliphatic hydroxyl groups excluding tert-OH is 1. The molecule has 1 heterocycles. The zero-order valence-electron chi connectivity index (χ0n) is 16.7. The van der Waals surface area contributed by atoms with Gasteiger partial charge in [0.1, 0.15) is 16.5 Å². The maximum atomic E-state index is 10.6. The zero-order chi connectivity index (χ0) is 19.6. The lowest BCUT2D eigenvalue weighted by molar-refractivity contribution is 0.176. The molecule has 7 nitrogen and oxygen atoms in total. The fraction of sp³-hybridized carbons (Fsp3) is 0.474. The summed E-state index contributed by atoms with van der Waals surface area (Å²) in [6.45, 7) is 5.62. The van der Waals surface area contributed by atoms with E-state index in [1.807, 2.05) is 13.1 Å². The van der Waals surface area contributed by atoms with Gasteiger partial charge in [0.15, 0.2) is 5.96 Å². The number of aryl methyl sites for hydroxylation is 1. The predicted molar refractivity (Wildman–Crippen MR) is 124 cm³/mol. The van der Waals surface area contributed by atoms with Gasteiger partial charge in [-0.1, -0.05) is 6.92 Å². The van der Waals surface area contributed by atoms with E-state index < -0.39 is 6.10 Å². The van der Waals surface area contributed by atoms with Crippen LogP contribution in [0.2, 0.25) is 0 Å². The van der Waals surface area contributed by atoms with Crippen LogP contribution in [0.1, 0.15) is 35.4 Å². The number of rotatable bonds is 9. The molecule has 0 fully saturated rings. The number of nitrogens with one attached hydrogen (secondary N) is 2. The molecule has 0 amide bonds. The van der Waals surface area contributed by atoms with Gasteiger partial charge in [0.2, 0.25) is 0 Å². The van der Waals surface area contributed by atoms with E-state index in [9.17, 15) is 5.11 Å². The van der Waals surface area contributed by atoms with Crippen LogP contribution in [0.3, 0.4) is 0 Å². The van der Waals surface area contributed by atoms with Crippen LogP contribution in [-0.2, 0) is 13.0 Å².